The highest BCUT2D eigenvalue weighted by atomic mass is 32.2. The Kier molecular flexibility index (Phi) is 4.38. The molecule has 1 aromatic heterocycles. The van der Waals surface area contributed by atoms with Gasteiger partial charge in [0.2, 0.25) is 10.0 Å². The number of aromatic nitrogens is 2. The molecule has 1 saturated carbocycles. The second-order valence-corrected chi connectivity index (χ2v) is 7.23. The molecule has 0 aromatic carbocycles. The minimum Gasteiger partial charge on any atom is -0.480 e. The summed E-state index contributed by atoms with van der Waals surface area (Å²) in [5, 5.41) is 12.9. The summed E-state index contributed by atoms with van der Waals surface area (Å²) in [5.74, 6) is -1.04. The van der Waals surface area contributed by atoms with E-state index in [1.54, 1.807) is 13.8 Å². The molecule has 1 N–H and O–H groups in total. The highest BCUT2D eigenvalue weighted by Gasteiger charge is 2.40. The normalized spacial score (nSPS) is 15.6. The molecule has 0 amide bonds. The minimum absolute atomic E-state index is 0.0802. The molecule has 8 heteroatoms. The summed E-state index contributed by atoms with van der Waals surface area (Å²) in [7, 11) is -3.62. The number of sulfonamides is 1. The van der Waals surface area contributed by atoms with E-state index in [-0.39, 0.29) is 17.5 Å². The Morgan fingerprint density at radius 2 is 2.05 bits per heavy atom. The Hall–Kier alpha value is -1.41. The average Bonchev–Trinajstić information content (AvgIpc) is 3.13. The zero-order valence-corrected chi connectivity index (χ0v) is 13.4. The molecule has 0 spiro atoms. The van der Waals surface area contributed by atoms with Crippen molar-refractivity contribution in [3.05, 3.63) is 11.4 Å². The zero-order valence-electron chi connectivity index (χ0n) is 12.5. The standard InChI is InChI=1S/C13H21N3O4S/c1-4-7-16(11-5-6-11)21(19,20)13-9(2)14-15(10(13)3)8-12(17)18/h11H,4-8H2,1-3H3,(H,17,18). The van der Waals surface area contributed by atoms with Crippen molar-refractivity contribution >= 4 is 16.0 Å². The third-order valence-corrected chi connectivity index (χ3v) is 5.77. The molecule has 1 aliphatic carbocycles. The third kappa shape index (κ3) is 3.11. The number of hydrogen-bond donors (Lipinski definition) is 1. The number of aryl methyl sites for hydroxylation is 1. The van der Waals surface area contributed by atoms with Gasteiger partial charge in [0, 0.05) is 12.6 Å². The fourth-order valence-electron chi connectivity index (χ4n) is 2.54. The molecule has 0 unspecified atom stereocenters. The van der Waals surface area contributed by atoms with Crippen LogP contribution in [0.25, 0.3) is 0 Å². The Morgan fingerprint density at radius 3 is 2.52 bits per heavy atom. The van der Waals surface area contributed by atoms with E-state index in [1.807, 2.05) is 6.92 Å². The van der Waals surface area contributed by atoms with Crippen LogP contribution in [-0.2, 0) is 21.4 Å². The molecular weight excluding hydrogens is 294 g/mol. The third-order valence-electron chi connectivity index (χ3n) is 3.56. The van der Waals surface area contributed by atoms with Crippen LogP contribution in [0.2, 0.25) is 0 Å². The van der Waals surface area contributed by atoms with E-state index in [1.165, 1.54) is 8.99 Å². The van der Waals surface area contributed by atoms with E-state index in [9.17, 15) is 13.2 Å². The van der Waals surface area contributed by atoms with Crippen LogP contribution in [-0.4, -0.2) is 46.2 Å². The van der Waals surface area contributed by atoms with Gasteiger partial charge in [0.15, 0.2) is 0 Å². The highest BCUT2D eigenvalue weighted by molar-refractivity contribution is 7.89. The number of aliphatic carboxylic acids is 1. The van der Waals surface area contributed by atoms with Crippen LogP contribution < -0.4 is 0 Å². The lowest BCUT2D eigenvalue weighted by molar-refractivity contribution is -0.137. The fourth-order valence-corrected chi connectivity index (χ4v) is 4.69. The summed E-state index contributed by atoms with van der Waals surface area (Å²) in [5.41, 5.74) is 0.743. The van der Waals surface area contributed by atoms with E-state index in [0.717, 1.165) is 19.3 Å². The van der Waals surface area contributed by atoms with Crippen LogP contribution in [0.4, 0.5) is 0 Å². The Labute approximate surface area is 124 Å². The van der Waals surface area contributed by atoms with Gasteiger partial charge >= 0.3 is 5.97 Å². The van der Waals surface area contributed by atoms with Gasteiger partial charge in [0.1, 0.15) is 11.4 Å². The lowest BCUT2D eigenvalue weighted by Gasteiger charge is -2.21. The van der Waals surface area contributed by atoms with Crippen LogP contribution in [0, 0.1) is 13.8 Å². The van der Waals surface area contributed by atoms with Crippen molar-refractivity contribution in [3.63, 3.8) is 0 Å². The van der Waals surface area contributed by atoms with E-state index in [4.69, 9.17) is 5.11 Å². The van der Waals surface area contributed by atoms with Crippen LogP contribution in [0.15, 0.2) is 4.90 Å². The Morgan fingerprint density at radius 1 is 1.43 bits per heavy atom. The van der Waals surface area contributed by atoms with Crippen LogP contribution in [0.3, 0.4) is 0 Å². The largest absolute Gasteiger partial charge is 0.480 e. The first kappa shape index (κ1) is 16.0. The zero-order chi connectivity index (χ0) is 15.8. The number of carbonyl (C=O) groups is 1. The average molecular weight is 315 g/mol. The van der Waals surface area contributed by atoms with Gasteiger partial charge in [-0.15, -0.1) is 0 Å². The van der Waals surface area contributed by atoms with Crippen LogP contribution >= 0.6 is 0 Å². The first-order chi connectivity index (χ1) is 9.78. The highest BCUT2D eigenvalue weighted by Crippen LogP contribution is 2.34. The Bertz CT molecular complexity index is 647. The maximum absolute atomic E-state index is 12.9. The predicted molar refractivity (Wildman–Crippen MR) is 76.5 cm³/mol. The second kappa shape index (κ2) is 5.76. The first-order valence-electron chi connectivity index (χ1n) is 7.06. The molecule has 1 heterocycles. The Balaban J connectivity index is 2.44. The van der Waals surface area contributed by atoms with E-state index in [0.29, 0.717) is 17.9 Å². The maximum atomic E-state index is 12.9. The molecular formula is C13H21N3O4S. The van der Waals surface area contributed by atoms with Gasteiger partial charge in [0.05, 0.1) is 11.4 Å². The summed E-state index contributed by atoms with van der Waals surface area (Å²) in [6, 6.07) is 0.0802. The monoisotopic (exact) mass is 315 g/mol. The van der Waals surface area contributed by atoms with Crippen molar-refractivity contribution in [1.29, 1.82) is 0 Å². The van der Waals surface area contributed by atoms with Gasteiger partial charge in [-0.05, 0) is 33.1 Å². The minimum atomic E-state index is -3.62. The molecule has 0 saturated heterocycles. The van der Waals surface area contributed by atoms with E-state index < -0.39 is 16.0 Å². The lowest BCUT2D eigenvalue weighted by Crippen LogP contribution is -2.34. The van der Waals surface area contributed by atoms with E-state index >= 15 is 0 Å². The molecule has 1 aromatic rings. The molecule has 118 valence electrons. The van der Waals surface area contributed by atoms with Gasteiger partial charge in [-0.1, -0.05) is 6.92 Å². The number of carboxylic acids is 1. The van der Waals surface area contributed by atoms with Crippen LogP contribution in [0.1, 0.15) is 37.6 Å². The van der Waals surface area contributed by atoms with Crippen molar-refractivity contribution in [3.8, 4) is 0 Å². The lowest BCUT2D eigenvalue weighted by atomic mass is 10.4. The number of hydrogen-bond acceptors (Lipinski definition) is 4. The fraction of sp³-hybridized carbons (Fsp3) is 0.692. The van der Waals surface area contributed by atoms with Crippen molar-refractivity contribution in [2.45, 2.75) is 57.5 Å². The van der Waals surface area contributed by atoms with Gasteiger partial charge in [-0.25, -0.2) is 8.42 Å². The summed E-state index contributed by atoms with van der Waals surface area (Å²) >= 11 is 0. The number of carboxylic acid groups (broad SMARTS) is 1. The first-order valence-corrected chi connectivity index (χ1v) is 8.50. The molecule has 0 aliphatic heterocycles. The molecule has 0 atom stereocenters. The van der Waals surface area contributed by atoms with Crippen molar-refractivity contribution in [2.75, 3.05) is 6.54 Å². The van der Waals surface area contributed by atoms with Crippen molar-refractivity contribution in [1.82, 2.24) is 14.1 Å². The van der Waals surface area contributed by atoms with Gasteiger partial charge in [-0.3, -0.25) is 9.48 Å². The van der Waals surface area contributed by atoms with Crippen molar-refractivity contribution in [2.24, 2.45) is 0 Å². The topological polar surface area (TPSA) is 92.5 Å². The summed E-state index contributed by atoms with van der Waals surface area (Å²) in [6.07, 6.45) is 2.53. The van der Waals surface area contributed by atoms with E-state index in [2.05, 4.69) is 5.10 Å². The number of nitrogens with zero attached hydrogens (tertiary/aromatic N) is 3. The molecule has 21 heavy (non-hydrogen) atoms. The maximum Gasteiger partial charge on any atom is 0.325 e. The SMILES string of the molecule is CCCN(C1CC1)S(=O)(=O)c1c(C)nn(CC(=O)O)c1C. The molecule has 0 radical (unpaired) electrons. The quantitative estimate of drug-likeness (QED) is 0.814. The molecule has 2 rings (SSSR count). The summed E-state index contributed by atoms with van der Waals surface area (Å²) < 4.78 is 28.5. The molecule has 1 fully saturated rings. The molecule has 0 bridgehead atoms. The summed E-state index contributed by atoms with van der Waals surface area (Å²) in [4.78, 5) is 11.0. The second-order valence-electron chi connectivity index (χ2n) is 5.40. The smallest absolute Gasteiger partial charge is 0.325 e. The van der Waals surface area contributed by atoms with Crippen LogP contribution in [0.5, 0.6) is 0 Å². The van der Waals surface area contributed by atoms with Gasteiger partial charge in [-0.2, -0.15) is 9.40 Å². The molecule has 7 nitrogen and oxygen atoms in total. The van der Waals surface area contributed by atoms with Crippen molar-refractivity contribution < 1.29 is 18.3 Å². The predicted octanol–water partition coefficient (Wildman–Crippen LogP) is 1.15. The number of rotatable bonds is 7. The van der Waals surface area contributed by atoms with Gasteiger partial charge < -0.3 is 5.11 Å². The molecule has 1 aliphatic rings. The summed E-state index contributed by atoms with van der Waals surface area (Å²) in [6.45, 7) is 5.30. The van der Waals surface area contributed by atoms with Gasteiger partial charge in [0.25, 0.3) is 0 Å².